The van der Waals surface area contributed by atoms with Crippen molar-refractivity contribution in [3.63, 3.8) is 0 Å². The number of nitrogens with zero attached hydrogens (tertiary/aromatic N) is 6. The molecule has 0 atom stereocenters. The van der Waals surface area contributed by atoms with Gasteiger partial charge in [-0.1, -0.05) is 5.21 Å². The van der Waals surface area contributed by atoms with Gasteiger partial charge in [-0.2, -0.15) is 0 Å². The molecular formula is C10H14N6. The number of aryl methyl sites for hydroxylation is 1. The summed E-state index contributed by atoms with van der Waals surface area (Å²) in [6.07, 6.45) is 4.06. The minimum absolute atomic E-state index is 0.785. The second-order valence-corrected chi connectivity index (χ2v) is 3.97. The predicted octanol–water partition coefficient (Wildman–Crippen LogP) is 0.841. The van der Waals surface area contributed by atoms with E-state index in [0.29, 0.717) is 0 Å². The number of aromatic nitrogens is 5. The second kappa shape index (κ2) is 3.70. The van der Waals surface area contributed by atoms with Gasteiger partial charge in [0.2, 0.25) is 0 Å². The third kappa shape index (κ3) is 1.33. The number of fused-ring (bicyclic) bond motifs is 1. The van der Waals surface area contributed by atoms with Gasteiger partial charge >= 0.3 is 0 Å². The van der Waals surface area contributed by atoms with Crippen molar-refractivity contribution >= 4 is 17.0 Å². The average molecular weight is 218 g/mol. The first-order valence-corrected chi connectivity index (χ1v) is 5.69. The van der Waals surface area contributed by atoms with Crippen molar-refractivity contribution in [2.75, 3.05) is 18.0 Å². The smallest absolute Gasteiger partial charge is 0.183 e. The van der Waals surface area contributed by atoms with Crippen LogP contribution in [0.1, 0.15) is 19.8 Å². The molecule has 1 aliphatic rings. The number of rotatable bonds is 2. The second-order valence-electron chi connectivity index (χ2n) is 3.97. The molecule has 1 aliphatic heterocycles. The van der Waals surface area contributed by atoms with E-state index in [2.05, 4.69) is 25.2 Å². The van der Waals surface area contributed by atoms with Crippen molar-refractivity contribution in [2.24, 2.45) is 0 Å². The first-order chi connectivity index (χ1) is 7.90. The van der Waals surface area contributed by atoms with E-state index in [1.807, 2.05) is 6.92 Å². The Bertz CT molecular complexity index is 499. The summed E-state index contributed by atoms with van der Waals surface area (Å²) in [7, 11) is 0. The zero-order valence-corrected chi connectivity index (χ0v) is 9.30. The lowest BCUT2D eigenvalue weighted by Crippen LogP contribution is -2.19. The molecule has 1 fully saturated rings. The van der Waals surface area contributed by atoms with E-state index in [1.54, 1.807) is 11.0 Å². The van der Waals surface area contributed by atoms with Gasteiger partial charge in [-0.25, -0.2) is 14.6 Å². The quantitative estimate of drug-likeness (QED) is 0.747. The van der Waals surface area contributed by atoms with Gasteiger partial charge in [0.25, 0.3) is 0 Å². The topological polar surface area (TPSA) is 59.7 Å². The molecule has 6 heteroatoms. The lowest BCUT2D eigenvalue weighted by Gasteiger charge is -2.15. The Morgan fingerprint density at radius 2 is 2.06 bits per heavy atom. The molecule has 0 N–H and O–H groups in total. The molecular weight excluding hydrogens is 204 g/mol. The molecule has 0 spiro atoms. The highest BCUT2D eigenvalue weighted by Gasteiger charge is 2.19. The Morgan fingerprint density at radius 1 is 1.25 bits per heavy atom. The van der Waals surface area contributed by atoms with Crippen LogP contribution >= 0.6 is 0 Å². The van der Waals surface area contributed by atoms with Gasteiger partial charge in [-0.15, -0.1) is 5.10 Å². The fourth-order valence-electron chi connectivity index (χ4n) is 2.15. The molecule has 1 saturated heterocycles. The van der Waals surface area contributed by atoms with Crippen molar-refractivity contribution < 1.29 is 0 Å². The lowest BCUT2D eigenvalue weighted by atomic mass is 10.4. The van der Waals surface area contributed by atoms with E-state index in [1.165, 1.54) is 12.8 Å². The van der Waals surface area contributed by atoms with Crippen molar-refractivity contribution in [3.8, 4) is 0 Å². The Kier molecular flexibility index (Phi) is 2.19. The van der Waals surface area contributed by atoms with E-state index in [-0.39, 0.29) is 0 Å². The fraction of sp³-hybridized carbons (Fsp3) is 0.600. The minimum atomic E-state index is 0.785. The average Bonchev–Trinajstić information content (AvgIpc) is 2.97. The van der Waals surface area contributed by atoms with Gasteiger partial charge in [-0.05, 0) is 19.8 Å². The van der Waals surface area contributed by atoms with E-state index >= 15 is 0 Å². The molecule has 0 aliphatic carbocycles. The molecule has 0 bridgehead atoms. The fourth-order valence-corrected chi connectivity index (χ4v) is 2.15. The monoisotopic (exact) mass is 218 g/mol. The zero-order valence-electron chi connectivity index (χ0n) is 9.30. The summed E-state index contributed by atoms with van der Waals surface area (Å²) in [5.74, 6) is 0.933. The summed E-state index contributed by atoms with van der Waals surface area (Å²) in [4.78, 5) is 10.8. The van der Waals surface area contributed by atoms with Gasteiger partial charge in [0.1, 0.15) is 6.33 Å². The van der Waals surface area contributed by atoms with Crippen LogP contribution < -0.4 is 4.90 Å². The van der Waals surface area contributed by atoms with Crippen LogP contribution in [0.15, 0.2) is 6.33 Å². The van der Waals surface area contributed by atoms with E-state index < -0.39 is 0 Å². The first kappa shape index (κ1) is 9.50. The molecule has 0 saturated carbocycles. The van der Waals surface area contributed by atoms with Crippen LogP contribution in [-0.4, -0.2) is 38.1 Å². The molecule has 0 unspecified atom stereocenters. The Hall–Kier alpha value is -1.72. The van der Waals surface area contributed by atoms with Gasteiger partial charge < -0.3 is 4.90 Å². The highest BCUT2D eigenvalue weighted by atomic mass is 15.4. The number of anilines is 1. The van der Waals surface area contributed by atoms with Gasteiger partial charge in [-0.3, -0.25) is 0 Å². The molecule has 0 aromatic carbocycles. The summed E-state index contributed by atoms with van der Waals surface area (Å²) < 4.78 is 1.80. The lowest BCUT2D eigenvalue weighted by molar-refractivity contribution is 0.641. The summed E-state index contributed by atoms with van der Waals surface area (Å²) in [5, 5.41) is 8.26. The highest BCUT2D eigenvalue weighted by molar-refractivity contribution is 5.82. The van der Waals surface area contributed by atoms with Crippen molar-refractivity contribution in [1.82, 2.24) is 25.0 Å². The van der Waals surface area contributed by atoms with Crippen LogP contribution in [0.3, 0.4) is 0 Å². The zero-order chi connectivity index (χ0) is 11.0. The normalized spacial score (nSPS) is 16.2. The van der Waals surface area contributed by atoms with Gasteiger partial charge in [0, 0.05) is 19.6 Å². The van der Waals surface area contributed by atoms with Gasteiger partial charge in [0.15, 0.2) is 17.0 Å². The summed E-state index contributed by atoms with van der Waals surface area (Å²) in [6, 6.07) is 0. The molecule has 3 heterocycles. The largest absolute Gasteiger partial charge is 0.355 e. The molecule has 6 nitrogen and oxygen atoms in total. The number of hydrogen-bond acceptors (Lipinski definition) is 5. The van der Waals surface area contributed by atoms with Crippen LogP contribution in [-0.2, 0) is 6.54 Å². The molecule has 2 aromatic heterocycles. The van der Waals surface area contributed by atoms with E-state index in [9.17, 15) is 0 Å². The predicted molar refractivity (Wildman–Crippen MR) is 60.2 cm³/mol. The van der Waals surface area contributed by atoms with Crippen LogP contribution in [0.2, 0.25) is 0 Å². The molecule has 84 valence electrons. The number of hydrogen-bond donors (Lipinski definition) is 0. The summed E-state index contributed by atoms with van der Waals surface area (Å²) in [5.41, 5.74) is 1.66. The van der Waals surface area contributed by atoms with Crippen LogP contribution in [0, 0.1) is 0 Å². The van der Waals surface area contributed by atoms with E-state index in [4.69, 9.17) is 0 Å². The molecule has 16 heavy (non-hydrogen) atoms. The summed E-state index contributed by atoms with van der Waals surface area (Å²) >= 11 is 0. The Balaban J connectivity index is 2.13. The standard InChI is InChI=1S/C10H14N6/c1-2-16-10-8(13-14-16)9(11-7-12-10)15-5-3-4-6-15/h7H,2-6H2,1H3. The SMILES string of the molecule is CCn1nnc2c(N3CCCC3)ncnc21. The maximum atomic E-state index is 4.34. The highest BCUT2D eigenvalue weighted by Crippen LogP contribution is 2.23. The third-order valence-electron chi connectivity index (χ3n) is 2.99. The maximum Gasteiger partial charge on any atom is 0.183 e. The molecule has 0 amide bonds. The van der Waals surface area contributed by atoms with Crippen molar-refractivity contribution in [2.45, 2.75) is 26.3 Å². The molecule has 2 aromatic rings. The van der Waals surface area contributed by atoms with Gasteiger partial charge in [0.05, 0.1) is 0 Å². The first-order valence-electron chi connectivity index (χ1n) is 5.69. The van der Waals surface area contributed by atoms with Crippen LogP contribution in [0.4, 0.5) is 5.82 Å². The van der Waals surface area contributed by atoms with Crippen molar-refractivity contribution in [1.29, 1.82) is 0 Å². The third-order valence-corrected chi connectivity index (χ3v) is 2.99. The maximum absolute atomic E-state index is 4.34. The van der Waals surface area contributed by atoms with Crippen LogP contribution in [0.25, 0.3) is 11.2 Å². The molecule has 3 rings (SSSR count). The van der Waals surface area contributed by atoms with Crippen molar-refractivity contribution in [3.05, 3.63) is 6.33 Å². The minimum Gasteiger partial charge on any atom is -0.355 e. The summed E-state index contributed by atoms with van der Waals surface area (Å²) in [6.45, 7) is 4.94. The Morgan fingerprint density at radius 3 is 2.81 bits per heavy atom. The van der Waals surface area contributed by atoms with Crippen LogP contribution in [0.5, 0.6) is 0 Å². The van der Waals surface area contributed by atoms with E-state index in [0.717, 1.165) is 36.6 Å². The molecule has 0 radical (unpaired) electrons. The Labute approximate surface area is 93.3 Å².